The normalized spacial score (nSPS) is 21.4. The molecule has 0 radical (unpaired) electrons. The van der Waals surface area contributed by atoms with Gasteiger partial charge in [0.1, 0.15) is 23.0 Å². The van der Waals surface area contributed by atoms with Crippen molar-refractivity contribution in [2.75, 3.05) is 0 Å². The Morgan fingerprint density at radius 3 is 2.19 bits per heavy atom. The first kappa shape index (κ1) is 16.2. The Balaban J connectivity index is 2.01. The Bertz CT molecular complexity index is 1250. The van der Waals surface area contributed by atoms with Gasteiger partial charge in [0.25, 0.3) is 0 Å². The standard InChI is InChI=1S/C21H20N2O4/c1-9-6-10-16(14(24)7-9)21(27)17-15(25)8-13-19(18(17)20(10)26)23-12-5-3-2-4-11(12)22-13/h6-8,11-12,24-27H,2-5H2,1H3. The molecule has 6 heteroatoms. The number of hydrogen-bond donors (Lipinski definition) is 4. The van der Waals surface area contributed by atoms with Crippen LogP contribution in [0.2, 0.25) is 0 Å². The second-order valence-corrected chi connectivity index (χ2v) is 7.59. The SMILES string of the molecule is Cc1cc(O)c2c(O)c3c(O)cc4c(c3c(O)c2c1)=NC1CCCCC1N=4. The van der Waals surface area contributed by atoms with E-state index in [2.05, 4.69) is 0 Å². The number of phenols is 4. The molecule has 5 rings (SSSR count). The molecular weight excluding hydrogens is 344 g/mol. The second-order valence-electron chi connectivity index (χ2n) is 7.59. The van der Waals surface area contributed by atoms with Crippen molar-refractivity contribution in [2.24, 2.45) is 9.98 Å². The second kappa shape index (κ2) is 5.49. The molecule has 27 heavy (non-hydrogen) atoms. The third-order valence-corrected chi connectivity index (χ3v) is 5.78. The van der Waals surface area contributed by atoms with Crippen LogP contribution < -0.4 is 10.7 Å². The summed E-state index contributed by atoms with van der Waals surface area (Å²) in [5.41, 5.74) is 0.747. The summed E-state index contributed by atoms with van der Waals surface area (Å²) in [7, 11) is 0. The lowest BCUT2D eigenvalue weighted by atomic mass is 9.89. The first-order chi connectivity index (χ1) is 13.0. The Labute approximate surface area is 154 Å². The minimum Gasteiger partial charge on any atom is -0.507 e. The van der Waals surface area contributed by atoms with Gasteiger partial charge in [-0.3, -0.25) is 9.98 Å². The summed E-state index contributed by atoms with van der Waals surface area (Å²) in [5.74, 6) is -0.717. The van der Waals surface area contributed by atoms with Crippen molar-refractivity contribution in [1.82, 2.24) is 0 Å². The van der Waals surface area contributed by atoms with Gasteiger partial charge in [-0.1, -0.05) is 12.8 Å². The predicted octanol–water partition coefficient (Wildman–Crippen LogP) is 2.69. The third kappa shape index (κ3) is 2.19. The molecule has 138 valence electrons. The molecule has 0 spiro atoms. The maximum atomic E-state index is 11.0. The van der Waals surface area contributed by atoms with E-state index in [1.165, 1.54) is 12.1 Å². The van der Waals surface area contributed by atoms with Crippen LogP contribution in [0.3, 0.4) is 0 Å². The molecule has 3 aromatic rings. The Hall–Kier alpha value is -3.02. The van der Waals surface area contributed by atoms with E-state index < -0.39 is 0 Å². The van der Waals surface area contributed by atoms with E-state index in [-0.39, 0.29) is 51.2 Å². The number of aryl methyl sites for hydroxylation is 1. The van der Waals surface area contributed by atoms with Crippen molar-refractivity contribution in [3.8, 4) is 23.0 Å². The quantitative estimate of drug-likeness (QED) is 0.363. The van der Waals surface area contributed by atoms with Crippen molar-refractivity contribution in [3.05, 3.63) is 34.5 Å². The molecule has 2 atom stereocenters. The van der Waals surface area contributed by atoms with Crippen LogP contribution in [0, 0.1) is 6.92 Å². The Morgan fingerprint density at radius 2 is 1.44 bits per heavy atom. The van der Waals surface area contributed by atoms with Gasteiger partial charge in [-0.25, -0.2) is 0 Å². The van der Waals surface area contributed by atoms with Crippen molar-refractivity contribution in [3.63, 3.8) is 0 Å². The molecule has 1 heterocycles. The molecule has 1 aliphatic carbocycles. The van der Waals surface area contributed by atoms with Crippen LogP contribution in [0.1, 0.15) is 31.2 Å². The van der Waals surface area contributed by atoms with Gasteiger partial charge in [-0.2, -0.15) is 0 Å². The van der Waals surface area contributed by atoms with Crippen LogP contribution in [0.5, 0.6) is 23.0 Å². The molecule has 0 aromatic heterocycles. The van der Waals surface area contributed by atoms with E-state index in [0.717, 1.165) is 31.2 Å². The minimum absolute atomic E-state index is 0.0575. The van der Waals surface area contributed by atoms with E-state index in [0.29, 0.717) is 16.1 Å². The van der Waals surface area contributed by atoms with Crippen LogP contribution in [-0.4, -0.2) is 32.5 Å². The van der Waals surface area contributed by atoms with Crippen LogP contribution >= 0.6 is 0 Å². The molecule has 0 saturated heterocycles. The maximum absolute atomic E-state index is 11.0. The number of nitrogens with zero attached hydrogens (tertiary/aromatic N) is 2. The van der Waals surface area contributed by atoms with Gasteiger partial charge in [0.05, 0.1) is 39.0 Å². The number of fused-ring (bicyclic) bond motifs is 5. The summed E-state index contributed by atoms with van der Waals surface area (Å²) in [6, 6.07) is 4.86. The largest absolute Gasteiger partial charge is 0.507 e. The number of phenolic OH excluding ortho intramolecular Hbond substituents is 4. The lowest BCUT2D eigenvalue weighted by Crippen LogP contribution is -2.41. The zero-order valence-electron chi connectivity index (χ0n) is 14.9. The van der Waals surface area contributed by atoms with Crippen LogP contribution in [0.4, 0.5) is 0 Å². The zero-order chi connectivity index (χ0) is 18.9. The molecule has 3 aromatic carbocycles. The maximum Gasteiger partial charge on any atom is 0.139 e. The molecule has 2 aliphatic rings. The molecule has 1 aliphatic heterocycles. The van der Waals surface area contributed by atoms with Gasteiger partial charge in [-0.15, -0.1) is 0 Å². The van der Waals surface area contributed by atoms with E-state index in [1.54, 1.807) is 13.0 Å². The molecule has 1 fully saturated rings. The molecule has 1 saturated carbocycles. The fourth-order valence-electron chi connectivity index (χ4n) is 4.54. The van der Waals surface area contributed by atoms with E-state index in [9.17, 15) is 20.4 Å². The van der Waals surface area contributed by atoms with Crippen LogP contribution in [0.15, 0.2) is 28.2 Å². The topological polar surface area (TPSA) is 106 Å². The summed E-state index contributed by atoms with van der Waals surface area (Å²) in [6.07, 6.45) is 4.12. The summed E-state index contributed by atoms with van der Waals surface area (Å²) < 4.78 is 0. The third-order valence-electron chi connectivity index (χ3n) is 5.78. The molecule has 4 N–H and O–H groups in total. The van der Waals surface area contributed by atoms with Crippen molar-refractivity contribution in [2.45, 2.75) is 44.7 Å². The first-order valence-corrected chi connectivity index (χ1v) is 9.24. The lowest BCUT2D eigenvalue weighted by Gasteiger charge is -2.28. The Kier molecular flexibility index (Phi) is 3.29. The highest BCUT2D eigenvalue weighted by atomic mass is 16.3. The van der Waals surface area contributed by atoms with Gasteiger partial charge in [-0.05, 0) is 37.5 Å². The number of rotatable bonds is 0. The fourth-order valence-corrected chi connectivity index (χ4v) is 4.54. The van der Waals surface area contributed by atoms with E-state index in [4.69, 9.17) is 9.98 Å². The lowest BCUT2D eigenvalue weighted by molar-refractivity contribution is 0.369. The molecular formula is C21H20N2O4. The van der Waals surface area contributed by atoms with Gasteiger partial charge in [0.2, 0.25) is 0 Å². The molecule has 2 unspecified atom stereocenters. The molecule has 0 bridgehead atoms. The highest BCUT2D eigenvalue weighted by Gasteiger charge is 2.28. The van der Waals surface area contributed by atoms with Gasteiger partial charge in [0, 0.05) is 11.5 Å². The average Bonchev–Trinajstić information content (AvgIpc) is 2.63. The van der Waals surface area contributed by atoms with Crippen molar-refractivity contribution >= 4 is 21.5 Å². The zero-order valence-corrected chi connectivity index (χ0v) is 14.9. The van der Waals surface area contributed by atoms with Gasteiger partial charge >= 0.3 is 0 Å². The number of hydrogen-bond acceptors (Lipinski definition) is 6. The Morgan fingerprint density at radius 1 is 0.778 bits per heavy atom. The predicted molar refractivity (Wildman–Crippen MR) is 101 cm³/mol. The van der Waals surface area contributed by atoms with E-state index >= 15 is 0 Å². The van der Waals surface area contributed by atoms with Gasteiger partial charge in [0.15, 0.2) is 0 Å². The average molecular weight is 364 g/mol. The monoisotopic (exact) mass is 364 g/mol. The summed E-state index contributed by atoms with van der Waals surface area (Å²) in [5, 5.41) is 44.6. The highest BCUT2D eigenvalue weighted by Crippen LogP contribution is 2.46. The summed E-state index contributed by atoms with van der Waals surface area (Å²) in [6.45, 7) is 1.80. The fraction of sp³-hybridized carbons (Fsp3) is 0.333. The highest BCUT2D eigenvalue weighted by molar-refractivity contribution is 6.14. The van der Waals surface area contributed by atoms with Crippen molar-refractivity contribution < 1.29 is 20.4 Å². The van der Waals surface area contributed by atoms with Crippen molar-refractivity contribution in [1.29, 1.82) is 0 Å². The smallest absolute Gasteiger partial charge is 0.139 e. The summed E-state index contributed by atoms with van der Waals surface area (Å²) in [4.78, 5) is 9.62. The number of aromatic hydroxyl groups is 4. The number of benzene rings is 3. The molecule has 0 amide bonds. The van der Waals surface area contributed by atoms with Gasteiger partial charge < -0.3 is 20.4 Å². The van der Waals surface area contributed by atoms with Crippen LogP contribution in [-0.2, 0) is 0 Å². The summed E-state index contributed by atoms with van der Waals surface area (Å²) >= 11 is 0. The minimum atomic E-state index is -0.267. The molecule has 6 nitrogen and oxygen atoms in total. The van der Waals surface area contributed by atoms with E-state index in [1.807, 2.05) is 0 Å². The van der Waals surface area contributed by atoms with Crippen LogP contribution in [0.25, 0.3) is 21.5 Å². The first-order valence-electron chi connectivity index (χ1n) is 9.24.